The van der Waals surface area contributed by atoms with Gasteiger partial charge in [-0.15, -0.1) is 11.3 Å². The van der Waals surface area contributed by atoms with Gasteiger partial charge in [0.15, 0.2) is 0 Å². The number of carbonyl (C=O) groups excluding carboxylic acids is 2. The van der Waals surface area contributed by atoms with Crippen LogP contribution >= 0.6 is 11.3 Å². The van der Waals surface area contributed by atoms with Crippen molar-refractivity contribution in [1.29, 1.82) is 0 Å². The Morgan fingerprint density at radius 2 is 2.15 bits per heavy atom. The number of nitrogens with zero attached hydrogens (tertiary/aromatic N) is 1. The number of carboxylic acids is 1. The zero-order chi connectivity index (χ0) is 14.5. The number of rotatable bonds is 6. The molecule has 6 nitrogen and oxygen atoms in total. The number of thiophene rings is 1. The molecule has 2 N–H and O–H groups in total. The highest BCUT2D eigenvalue weighted by molar-refractivity contribution is 7.12. The smallest absolute Gasteiger partial charge is 0.310 e. The first-order chi connectivity index (χ1) is 9.58. The molecule has 1 saturated heterocycles. The van der Waals surface area contributed by atoms with Crippen molar-refractivity contribution < 1.29 is 19.5 Å². The fourth-order valence-electron chi connectivity index (χ4n) is 1.93. The van der Waals surface area contributed by atoms with Crippen LogP contribution in [0.15, 0.2) is 17.5 Å². The van der Waals surface area contributed by atoms with Gasteiger partial charge < -0.3 is 15.3 Å². The molecule has 1 fully saturated rings. The zero-order valence-corrected chi connectivity index (χ0v) is 11.7. The maximum absolute atomic E-state index is 11.7. The van der Waals surface area contributed by atoms with E-state index in [9.17, 15) is 14.4 Å². The molecule has 2 rings (SSSR count). The fraction of sp³-hybridized carbons (Fsp3) is 0.462. The van der Waals surface area contributed by atoms with Crippen molar-refractivity contribution in [2.75, 3.05) is 19.6 Å². The van der Waals surface area contributed by atoms with Crippen LogP contribution in [0.25, 0.3) is 0 Å². The van der Waals surface area contributed by atoms with Crippen LogP contribution in [-0.2, 0) is 9.59 Å². The predicted molar refractivity (Wildman–Crippen MR) is 73.6 cm³/mol. The van der Waals surface area contributed by atoms with E-state index in [0.29, 0.717) is 37.4 Å². The minimum absolute atomic E-state index is 0.0483. The Morgan fingerprint density at radius 1 is 1.40 bits per heavy atom. The van der Waals surface area contributed by atoms with Crippen LogP contribution in [-0.4, -0.2) is 47.4 Å². The van der Waals surface area contributed by atoms with E-state index >= 15 is 0 Å². The van der Waals surface area contributed by atoms with Crippen LogP contribution in [0, 0.1) is 5.92 Å². The number of hydrogen-bond acceptors (Lipinski definition) is 4. The van der Waals surface area contributed by atoms with E-state index in [1.165, 1.54) is 11.3 Å². The summed E-state index contributed by atoms with van der Waals surface area (Å²) in [6, 6.07) is 3.56. The van der Waals surface area contributed by atoms with Crippen molar-refractivity contribution in [1.82, 2.24) is 10.2 Å². The Kier molecular flexibility index (Phi) is 4.73. The second-order valence-corrected chi connectivity index (χ2v) is 5.62. The Bertz CT molecular complexity index is 494. The molecule has 0 saturated carbocycles. The summed E-state index contributed by atoms with van der Waals surface area (Å²) in [5, 5.41) is 13.3. The highest BCUT2D eigenvalue weighted by atomic mass is 32.1. The van der Waals surface area contributed by atoms with Crippen molar-refractivity contribution in [3.63, 3.8) is 0 Å². The lowest BCUT2D eigenvalue weighted by atomic mass is 10.00. The quantitative estimate of drug-likeness (QED) is 0.760. The molecule has 2 heterocycles. The Balaban J connectivity index is 1.59. The standard InChI is InChI=1S/C13H16N2O4S/c16-11(15-7-9(8-15)13(18)19)4-1-5-14-12(17)10-3-2-6-20-10/h2-3,6,9H,1,4-5,7-8H2,(H,14,17)(H,18,19). The van der Waals surface area contributed by atoms with Crippen LogP contribution in [0.4, 0.5) is 0 Å². The monoisotopic (exact) mass is 296 g/mol. The summed E-state index contributed by atoms with van der Waals surface area (Å²) >= 11 is 1.37. The van der Waals surface area contributed by atoms with E-state index in [0.717, 1.165) is 0 Å². The average molecular weight is 296 g/mol. The molecule has 0 atom stereocenters. The van der Waals surface area contributed by atoms with Gasteiger partial charge in [0.25, 0.3) is 5.91 Å². The average Bonchev–Trinajstić information content (AvgIpc) is 2.85. The van der Waals surface area contributed by atoms with E-state index in [1.54, 1.807) is 11.0 Å². The molecule has 0 bridgehead atoms. The molecule has 1 aromatic rings. The van der Waals surface area contributed by atoms with E-state index in [2.05, 4.69) is 5.32 Å². The molecular formula is C13H16N2O4S. The maximum Gasteiger partial charge on any atom is 0.310 e. The third kappa shape index (κ3) is 3.57. The van der Waals surface area contributed by atoms with Crippen molar-refractivity contribution >= 4 is 29.1 Å². The van der Waals surface area contributed by atoms with Gasteiger partial charge in [-0.05, 0) is 17.9 Å². The Morgan fingerprint density at radius 3 is 2.75 bits per heavy atom. The number of carbonyl (C=O) groups is 3. The van der Waals surface area contributed by atoms with Gasteiger partial charge in [-0.3, -0.25) is 14.4 Å². The van der Waals surface area contributed by atoms with Gasteiger partial charge in [-0.25, -0.2) is 0 Å². The van der Waals surface area contributed by atoms with Gasteiger partial charge in [0, 0.05) is 26.1 Å². The lowest BCUT2D eigenvalue weighted by Gasteiger charge is -2.36. The van der Waals surface area contributed by atoms with E-state index in [4.69, 9.17) is 5.11 Å². The number of likely N-dealkylation sites (tertiary alicyclic amines) is 1. The van der Waals surface area contributed by atoms with Crippen LogP contribution in [0.2, 0.25) is 0 Å². The van der Waals surface area contributed by atoms with E-state index in [-0.39, 0.29) is 11.8 Å². The second-order valence-electron chi connectivity index (χ2n) is 4.67. The van der Waals surface area contributed by atoms with Gasteiger partial charge >= 0.3 is 5.97 Å². The lowest BCUT2D eigenvalue weighted by Crippen LogP contribution is -2.53. The first-order valence-electron chi connectivity index (χ1n) is 6.40. The molecule has 0 spiro atoms. The molecule has 1 aliphatic rings. The van der Waals surface area contributed by atoms with Crippen molar-refractivity contribution in [2.24, 2.45) is 5.92 Å². The second kappa shape index (κ2) is 6.51. The zero-order valence-electron chi connectivity index (χ0n) is 10.9. The van der Waals surface area contributed by atoms with Crippen molar-refractivity contribution in [3.8, 4) is 0 Å². The molecule has 2 amide bonds. The van der Waals surface area contributed by atoms with Crippen LogP contribution < -0.4 is 5.32 Å². The van der Waals surface area contributed by atoms with Crippen molar-refractivity contribution in [2.45, 2.75) is 12.8 Å². The summed E-state index contributed by atoms with van der Waals surface area (Å²) in [5.74, 6) is -1.44. The van der Waals surface area contributed by atoms with Crippen molar-refractivity contribution in [3.05, 3.63) is 22.4 Å². The highest BCUT2D eigenvalue weighted by Gasteiger charge is 2.34. The Hall–Kier alpha value is -1.89. The van der Waals surface area contributed by atoms with E-state index < -0.39 is 11.9 Å². The molecule has 0 unspecified atom stereocenters. The van der Waals surface area contributed by atoms with Gasteiger partial charge in [-0.1, -0.05) is 6.07 Å². The summed E-state index contributed by atoms with van der Waals surface area (Å²) in [4.78, 5) is 36.1. The highest BCUT2D eigenvalue weighted by Crippen LogP contribution is 2.17. The normalized spacial score (nSPS) is 14.7. The van der Waals surface area contributed by atoms with Crippen LogP contribution in [0.3, 0.4) is 0 Å². The minimum Gasteiger partial charge on any atom is -0.481 e. The molecule has 108 valence electrons. The maximum atomic E-state index is 11.7. The summed E-state index contributed by atoms with van der Waals surface area (Å²) in [6.45, 7) is 1.05. The number of hydrogen-bond donors (Lipinski definition) is 2. The van der Waals surface area contributed by atoms with Gasteiger partial charge in [0.05, 0.1) is 10.8 Å². The molecule has 20 heavy (non-hydrogen) atoms. The van der Waals surface area contributed by atoms with E-state index in [1.807, 2.05) is 11.4 Å². The van der Waals surface area contributed by atoms with Gasteiger partial charge in [0.1, 0.15) is 0 Å². The Labute approximate surface area is 120 Å². The van der Waals surface area contributed by atoms with Crippen LogP contribution in [0.1, 0.15) is 22.5 Å². The largest absolute Gasteiger partial charge is 0.481 e. The summed E-state index contributed by atoms with van der Waals surface area (Å²) < 4.78 is 0. The fourth-order valence-corrected chi connectivity index (χ4v) is 2.57. The molecule has 1 aromatic heterocycles. The lowest BCUT2D eigenvalue weighted by molar-refractivity contribution is -0.152. The van der Waals surface area contributed by atoms with Gasteiger partial charge in [-0.2, -0.15) is 0 Å². The molecule has 0 radical (unpaired) electrons. The third-order valence-corrected chi connectivity index (χ3v) is 4.05. The summed E-state index contributed by atoms with van der Waals surface area (Å²) in [7, 11) is 0. The number of nitrogens with one attached hydrogen (secondary N) is 1. The molecule has 7 heteroatoms. The van der Waals surface area contributed by atoms with Crippen LogP contribution in [0.5, 0.6) is 0 Å². The molecule has 1 aliphatic heterocycles. The summed E-state index contributed by atoms with van der Waals surface area (Å²) in [5.41, 5.74) is 0. The summed E-state index contributed by atoms with van der Waals surface area (Å²) in [6.07, 6.45) is 0.890. The molecular weight excluding hydrogens is 280 g/mol. The molecule has 0 aromatic carbocycles. The van der Waals surface area contributed by atoms with Gasteiger partial charge in [0.2, 0.25) is 5.91 Å². The number of amides is 2. The number of carboxylic acid groups (broad SMARTS) is 1. The topological polar surface area (TPSA) is 86.7 Å². The first-order valence-corrected chi connectivity index (χ1v) is 7.28. The third-order valence-electron chi connectivity index (χ3n) is 3.18. The minimum atomic E-state index is -0.850. The SMILES string of the molecule is O=C(NCCCC(=O)N1CC(C(=O)O)C1)c1cccs1. The molecule has 0 aliphatic carbocycles. The first kappa shape index (κ1) is 14.5. The predicted octanol–water partition coefficient (Wildman–Crippen LogP) is 0.801. The number of aliphatic carboxylic acids is 1.